The Labute approximate surface area is 295 Å². The number of rotatable bonds is 5. The normalized spacial score (nSPS) is 21.9. The number of hydrogen-bond acceptors (Lipinski definition) is 9. The van der Waals surface area contributed by atoms with Crippen LogP contribution in [0.5, 0.6) is 0 Å². The second-order valence-corrected chi connectivity index (χ2v) is 13.9. The van der Waals surface area contributed by atoms with Crippen molar-refractivity contribution in [2.45, 2.75) is 108 Å². The van der Waals surface area contributed by atoms with E-state index in [0.717, 1.165) is 0 Å². The number of pyridine rings is 1. The van der Waals surface area contributed by atoms with Gasteiger partial charge >= 0.3 is 18.4 Å². The Morgan fingerprint density at radius 1 is 1.02 bits per heavy atom. The molecule has 4 bridgehead atoms. The number of nitriles is 1. The van der Waals surface area contributed by atoms with Gasteiger partial charge in [-0.05, 0) is 77.3 Å². The van der Waals surface area contributed by atoms with Gasteiger partial charge in [0.15, 0.2) is 5.69 Å². The van der Waals surface area contributed by atoms with Crippen LogP contribution in [0.3, 0.4) is 0 Å². The van der Waals surface area contributed by atoms with E-state index < -0.39 is 89.0 Å². The number of nitrogens with one attached hydrogen (secondary N) is 1. The van der Waals surface area contributed by atoms with Gasteiger partial charge in [-0.15, -0.1) is 10.2 Å². The quantitative estimate of drug-likeness (QED) is 0.255. The fourth-order valence-corrected chi connectivity index (χ4v) is 6.35. The number of ether oxygens (including phenoxy) is 2. The first-order chi connectivity index (χ1) is 24.4. The Bertz CT molecular complexity index is 1780. The second kappa shape index (κ2) is 15.1. The highest BCUT2D eigenvalue weighted by Crippen LogP contribution is 2.47. The van der Waals surface area contributed by atoms with Crippen molar-refractivity contribution in [3.8, 4) is 17.7 Å². The molecule has 0 unspecified atom stereocenters. The summed E-state index contributed by atoms with van der Waals surface area (Å²) >= 11 is 0. The monoisotopic (exact) mass is 736 g/mol. The van der Waals surface area contributed by atoms with Crippen molar-refractivity contribution in [1.29, 1.82) is 5.26 Å². The van der Waals surface area contributed by atoms with E-state index in [2.05, 4.69) is 26.6 Å². The predicted molar refractivity (Wildman–Crippen MR) is 172 cm³/mol. The van der Waals surface area contributed by atoms with Crippen molar-refractivity contribution < 1.29 is 49.8 Å². The largest absolute Gasteiger partial charge is 0.444 e. The summed E-state index contributed by atoms with van der Waals surface area (Å²) in [5.74, 6) is -3.20. The maximum atomic E-state index is 15.2. The lowest BCUT2D eigenvalue weighted by atomic mass is 9.86. The van der Waals surface area contributed by atoms with E-state index in [1.54, 1.807) is 30.3 Å². The van der Waals surface area contributed by atoms with Crippen LogP contribution in [0.1, 0.15) is 99.6 Å². The van der Waals surface area contributed by atoms with Crippen molar-refractivity contribution in [3.05, 3.63) is 59.1 Å². The molecular formula is C35H38F6N6O5. The minimum atomic E-state index is -5.17. The van der Waals surface area contributed by atoms with Crippen LogP contribution >= 0.6 is 0 Å². The molecular weight excluding hydrogens is 698 g/mol. The fraction of sp³-hybridized carbons (Fsp3) is 0.543. The Hall–Kier alpha value is -4.72. The Kier molecular flexibility index (Phi) is 11.2. The lowest BCUT2D eigenvalue weighted by molar-refractivity contribution is -0.300. The molecule has 1 N–H and O–H groups in total. The smallest absolute Gasteiger partial charge is 0.426 e. The number of benzene rings is 1. The molecule has 280 valence electrons. The maximum Gasteiger partial charge on any atom is 0.426 e. The lowest BCUT2D eigenvalue weighted by Gasteiger charge is -2.36. The molecule has 1 aromatic carbocycles. The van der Waals surface area contributed by atoms with Crippen LogP contribution in [0.25, 0.3) is 11.6 Å². The third-order valence-electron chi connectivity index (χ3n) is 8.93. The topological polar surface area (TPSA) is 143 Å². The molecule has 1 aliphatic heterocycles. The van der Waals surface area contributed by atoms with E-state index in [0.29, 0.717) is 37.3 Å². The number of fused-ring (bicyclic) bond motifs is 5. The van der Waals surface area contributed by atoms with Gasteiger partial charge in [0, 0.05) is 18.5 Å². The molecule has 3 heterocycles. The molecule has 11 nitrogen and oxygen atoms in total. The van der Waals surface area contributed by atoms with Crippen LogP contribution in [0.15, 0.2) is 40.8 Å². The molecule has 2 aliphatic rings. The highest BCUT2D eigenvalue weighted by atomic mass is 19.4. The van der Waals surface area contributed by atoms with E-state index in [-0.39, 0.29) is 31.7 Å². The number of carbonyl (C=O) groups is 2. The summed E-state index contributed by atoms with van der Waals surface area (Å²) in [4.78, 5) is 32.3. The van der Waals surface area contributed by atoms with E-state index in [1.807, 2.05) is 0 Å². The summed E-state index contributed by atoms with van der Waals surface area (Å²) in [6, 6.07) is 10.2. The van der Waals surface area contributed by atoms with E-state index in [4.69, 9.17) is 13.9 Å². The number of nitrogens with zero attached hydrogens (tertiary/aromatic N) is 5. The summed E-state index contributed by atoms with van der Waals surface area (Å²) < 4.78 is 106. The molecule has 1 fully saturated rings. The number of alkyl halides is 6. The van der Waals surface area contributed by atoms with Gasteiger partial charge in [-0.25, -0.2) is 9.78 Å². The molecule has 0 radical (unpaired) electrons. The van der Waals surface area contributed by atoms with Gasteiger partial charge in [0.1, 0.15) is 11.3 Å². The van der Waals surface area contributed by atoms with Crippen molar-refractivity contribution in [3.63, 3.8) is 0 Å². The van der Waals surface area contributed by atoms with Gasteiger partial charge in [0.2, 0.25) is 5.60 Å². The van der Waals surface area contributed by atoms with Gasteiger partial charge in [-0.1, -0.05) is 36.8 Å². The molecule has 0 spiro atoms. The summed E-state index contributed by atoms with van der Waals surface area (Å²) in [5, 5.41) is 19.0. The molecule has 52 heavy (non-hydrogen) atoms. The van der Waals surface area contributed by atoms with Gasteiger partial charge in [0.25, 0.3) is 17.7 Å². The van der Waals surface area contributed by atoms with Gasteiger partial charge < -0.3 is 18.8 Å². The molecule has 1 saturated carbocycles. The maximum absolute atomic E-state index is 15.2. The highest BCUT2D eigenvalue weighted by molar-refractivity contribution is 5.97. The first-order valence-electron chi connectivity index (χ1n) is 16.8. The third-order valence-corrected chi connectivity index (χ3v) is 8.93. The van der Waals surface area contributed by atoms with Crippen molar-refractivity contribution in [2.75, 3.05) is 11.9 Å². The highest BCUT2D eigenvalue weighted by Gasteiger charge is 2.61. The number of aromatic nitrogens is 3. The lowest BCUT2D eigenvalue weighted by Crippen LogP contribution is -2.45. The van der Waals surface area contributed by atoms with Crippen LogP contribution in [0.2, 0.25) is 0 Å². The second-order valence-electron chi connectivity index (χ2n) is 13.9. The third kappa shape index (κ3) is 8.66. The molecule has 1 atom stereocenters. The van der Waals surface area contributed by atoms with Crippen LogP contribution in [0.4, 0.5) is 36.8 Å². The molecule has 1 aliphatic carbocycles. The molecule has 2 amide bonds. The van der Waals surface area contributed by atoms with E-state index in [1.165, 1.54) is 25.7 Å². The van der Waals surface area contributed by atoms with Crippen LogP contribution in [-0.2, 0) is 27.9 Å². The average Bonchev–Trinajstić information content (AvgIpc) is 3.56. The number of amides is 2. The van der Waals surface area contributed by atoms with Crippen molar-refractivity contribution in [2.24, 2.45) is 5.92 Å². The van der Waals surface area contributed by atoms with Crippen molar-refractivity contribution >= 4 is 17.7 Å². The summed E-state index contributed by atoms with van der Waals surface area (Å²) in [6.45, 7) is 3.94. The number of carbonyl (C=O) groups excluding carboxylic acids is 2. The molecule has 2 aromatic heterocycles. The van der Waals surface area contributed by atoms with Gasteiger partial charge in [-0.2, -0.15) is 31.6 Å². The molecule has 5 rings (SSSR count). The predicted octanol–water partition coefficient (Wildman–Crippen LogP) is 8.57. The van der Waals surface area contributed by atoms with Crippen LogP contribution in [-0.4, -0.2) is 56.4 Å². The Morgan fingerprint density at radius 3 is 2.33 bits per heavy atom. The zero-order valence-electron chi connectivity index (χ0n) is 28.7. The fourth-order valence-electron chi connectivity index (χ4n) is 6.35. The SMILES string of the molecule is CC(C)(C)OC(=O)Nc1cc(C(F)(F)F)c2nc1-c1nnc(o1)[C@@](OCc1ccccc1)(C(F)(F)F)CCCCCN(C1CCC(C#N)CC1)C2=O. The van der Waals surface area contributed by atoms with E-state index >= 15 is 13.2 Å². The zero-order chi connectivity index (χ0) is 37.9. The first-order valence-corrected chi connectivity index (χ1v) is 16.8. The summed E-state index contributed by atoms with van der Waals surface area (Å²) in [7, 11) is 0. The number of hydrogen-bond donors (Lipinski definition) is 1. The Morgan fingerprint density at radius 2 is 1.71 bits per heavy atom. The zero-order valence-corrected chi connectivity index (χ0v) is 28.7. The van der Waals surface area contributed by atoms with Crippen molar-refractivity contribution in [1.82, 2.24) is 20.1 Å². The molecule has 17 heteroatoms. The Balaban J connectivity index is 1.69. The standard InChI is InChI=1S/C35H38F6N6O5/c1-32(2,3)52-31(49)43-25-18-24(34(36,37)38)26-29(48)47(23-14-12-21(19-42)13-15-23)17-9-5-8-16-33(35(39,40)41,50-20-22-10-6-4-7-11-22)30-46-45-28(51-30)27(25)44-26/h4,6-7,10-11,18,21,23H,5,8-9,12-17,20H2,1-3H3,(H,43,49)/t21?,23?,33-/m1/s1. The molecule has 0 saturated heterocycles. The van der Waals surface area contributed by atoms with Gasteiger partial charge in [0.05, 0.1) is 23.9 Å². The average molecular weight is 737 g/mol. The molecule has 3 aromatic rings. The van der Waals surface area contributed by atoms with Crippen LogP contribution < -0.4 is 5.32 Å². The van der Waals surface area contributed by atoms with E-state index in [9.17, 15) is 28.0 Å². The summed E-state index contributed by atoms with van der Waals surface area (Å²) in [6.07, 6.45) is -10.5. The number of halogens is 6. The minimum Gasteiger partial charge on any atom is -0.444 e. The minimum absolute atomic E-state index is 0.0881. The van der Waals surface area contributed by atoms with Gasteiger partial charge in [-0.3, -0.25) is 10.1 Å². The summed E-state index contributed by atoms with van der Waals surface area (Å²) in [5.41, 5.74) is -7.79. The van der Waals surface area contributed by atoms with Crippen LogP contribution in [0, 0.1) is 17.2 Å². The number of anilines is 1. The first kappa shape index (κ1) is 38.5.